The van der Waals surface area contributed by atoms with E-state index in [4.69, 9.17) is 10.00 Å². The molecule has 3 nitrogen and oxygen atoms in total. The van der Waals surface area contributed by atoms with Crippen LogP contribution in [0.3, 0.4) is 0 Å². The van der Waals surface area contributed by atoms with Gasteiger partial charge in [0.15, 0.2) is 6.10 Å². The van der Waals surface area contributed by atoms with Crippen LogP contribution in [0.5, 0.6) is 0 Å². The van der Waals surface area contributed by atoms with Crippen molar-refractivity contribution in [1.29, 1.82) is 5.26 Å². The van der Waals surface area contributed by atoms with Crippen molar-refractivity contribution in [1.82, 2.24) is 0 Å². The van der Waals surface area contributed by atoms with Gasteiger partial charge in [0.25, 0.3) is 0 Å². The van der Waals surface area contributed by atoms with Gasteiger partial charge in [0, 0.05) is 10.6 Å². The molecule has 1 atom stereocenters. The first kappa shape index (κ1) is 16.1. The molecular weight excluding hydrogens is 301 g/mol. The summed E-state index contributed by atoms with van der Waals surface area (Å²) in [7, 11) is 0. The van der Waals surface area contributed by atoms with E-state index < -0.39 is 12.1 Å². The molecule has 0 unspecified atom stereocenters. The third-order valence-corrected chi connectivity index (χ3v) is 4.04. The zero-order valence-corrected chi connectivity index (χ0v) is 12.8. The summed E-state index contributed by atoms with van der Waals surface area (Å²) in [5.41, 5.74) is 0.951. The molecule has 0 saturated carbocycles. The minimum Gasteiger partial charge on any atom is -0.444 e. The standard InChI is InChI=1S/C17H14FNO2S/c1-12(10-19)21-17(20)14-7-3-5-9-16(14)22-11-13-6-2-4-8-15(13)18/h2-9,12H,11H2,1H3/t12-/m0/s1. The predicted molar refractivity (Wildman–Crippen MR) is 82.9 cm³/mol. The number of carbonyl (C=O) groups excluding carboxylic acids is 1. The first-order valence-corrected chi connectivity index (χ1v) is 7.66. The molecule has 0 radical (unpaired) electrons. The van der Waals surface area contributed by atoms with E-state index in [0.29, 0.717) is 21.8 Å². The Morgan fingerprint density at radius 2 is 1.95 bits per heavy atom. The lowest BCUT2D eigenvalue weighted by Gasteiger charge is -2.10. The highest BCUT2D eigenvalue weighted by Crippen LogP contribution is 2.27. The second kappa shape index (κ2) is 7.62. The molecule has 0 N–H and O–H groups in total. The molecule has 2 aromatic carbocycles. The Morgan fingerprint density at radius 3 is 2.68 bits per heavy atom. The van der Waals surface area contributed by atoms with Gasteiger partial charge in [-0.3, -0.25) is 0 Å². The molecule has 0 spiro atoms. The Morgan fingerprint density at radius 1 is 1.27 bits per heavy atom. The number of ether oxygens (including phenoxy) is 1. The van der Waals surface area contributed by atoms with Gasteiger partial charge in [-0.15, -0.1) is 11.8 Å². The second-order valence-electron chi connectivity index (χ2n) is 4.55. The SMILES string of the molecule is C[C@@H](C#N)OC(=O)c1ccccc1SCc1ccccc1F. The lowest BCUT2D eigenvalue weighted by atomic mass is 10.2. The lowest BCUT2D eigenvalue weighted by Crippen LogP contribution is -2.13. The molecule has 112 valence electrons. The Labute approximate surface area is 132 Å². The molecular formula is C17H14FNO2S. The van der Waals surface area contributed by atoms with E-state index in [1.807, 2.05) is 6.07 Å². The van der Waals surface area contributed by atoms with Crippen LogP contribution in [0.15, 0.2) is 53.4 Å². The van der Waals surface area contributed by atoms with Crippen LogP contribution < -0.4 is 0 Å². The minimum atomic E-state index is -0.808. The van der Waals surface area contributed by atoms with Gasteiger partial charge in [0.05, 0.1) is 5.56 Å². The first-order chi connectivity index (χ1) is 10.6. The third-order valence-electron chi connectivity index (χ3n) is 2.91. The van der Waals surface area contributed by atoms with Gasteiger partial charge in [-0.1, -0.05) is 30.3 Å². The number of hydrogen-bond acceptors (Lipinski definition) is 4. The number of halogens is 1. The fraction of sp³-hybridized carbons (Fsp3) is 0.176. The molecule has 0 aromatic heterocycles. The van der Waals surface area contributed by atoms with Crippen LogP contribution in [0, 0.1) is 17.1 Å². The van der Waals surface area contributed by atoms with Gasteiger partial charge in [0.2, 0.25) is 0 Å². The smallest absolute Gasteiger partial charge is 0.340 e. The molecule has 2 rings (SSSR count). The summed E-state index contributed by atoms with van der Waals surface area (Å²) in [6.45, 7) is 1.51. The normalized spacial score (nSPS) is 11.5. The molecule has 22 heavy (non-hydrogen) atoms. The highest BCUT2D eigenvalue weighted by molar-refractivity contribution is 7.98. The Hall–Kier alpha value is -2.32. The van der Waals surface area contributed by atoms with Crippen LogP contribution in [-0.2, 0) is 10.5 Å². The van der Waals surface area contributed by atoms with Crippen molar-refractivity contribution < 1.29 is 13.9 Å². The van der Waals surface area contributed by atoms with E-state index in [9.17, 15) is 9.18 Å². The van der Waals surface area contributed by atoms with E-state index in [0.717, 1.165) is 0 Å². The summed E-state index contributed by atoms with van der Waals surface area (Å²) < 4.78 is 18.6. The predicted octanol–water partition coefficient (Wildman–Crippen LogP) is 4.19. The van der Waals surface area contributed by atoms with Gasteiger partial charge in [-0.25, -0.2) is 9.18 Å². The third kappa shape index (κ3) is 4.09. The van der Waals surface area contributed by atoms with Crippen molar-refractivity contribution in [2.75, 3.05) is 0 Å². The number of benzene rings is 2. The summed E-state index contributed by atoms with van der Waals surface area (Å²) >= 11 is 1.35. The van der Waals surface area contributed by atoms with Crippen molar-refractivity contribution in [2.45, 2.75) is 23.7 Å². The van der Waals surface area contributed by atoms with Crippen molar-refractivity contribution in [3.8, 4) is 6.07 Å². The maximum Gasteiger partial charge on any atom is 0.340 e. The van der Waals surface area contributed by atoms with Gasteiger partial charge in [-0.05, 0) is 30.7 Å². The molecule has 0 heterocycles. The quantitative estimate of drug-likeness (QED) is 0.613. The maximum atomic E-state index is 13.6. The van der Waals surface area contributed by atoms with Crippen LogP contribution in [0.2, 0.25) is 0 Å². The number of thioether (sulfide) groups is 1. The van der Waals surface area contributed by atoms with Crippen LogP contribution >= 0.6 is 11.8 Å². The average molecular weight is 315 g/mol. The van der Waals surface area contributed by atoms with Crippen LogP contribution in [0.1, 0.15) is 22.8 Å². The molecule has 5 heteroatoms. The number of rotatable bonds is 5. The summed E-state index contributed by atoms with van der Waals surface area (Å²) in [6.07, 6.45) is -0.808. The number of esters is 1. The van der Waals surface area contributed by atoms with Crippen molar-refractivity contribution >= 4 is 17.7 Å². The number of hydrogen-bond donors (Lipinski definition) is 0. The molecule has 0 aliphatic rings. The monoisotopic (exact) mass is 315 g/mol. The van der Waals surface area contributed by atoms with Crippen LogP contribution in [0.25, 0.3) is 0 Å². The molecule has 0 fully saturated rings. The molecule has 2 aromatic rings. The number of carbonyl (C=O) groups is 1. The van der Waals surface area contributed by atoms with Gasteiger partial charge in [0.1, 0.15) is 11.9 Å². The van der Waals surface area contributed by atoms with Crippen LogP contribution in [0.4, 0.5) is 4.39 Å². The highest BCUT2D eigenvalue weighted by Gasteiger charge is 2.16. The minimum absolute atomic E-state index is 0.270. The second-order valence-corrected chi connectivity index (χ2v) is 5.57. The van der Waals surface area contributed by atoms with Crippen molar-refractivity contribution in [2.24, 2.45) is 0 Å². The Kier molecular flexibility index (Phi) is 5.56. The van der Waals surface area contributed by atoms with Crippen LogP contribution in [-0.4, -0.2) is 12.1 Å². The van der Waals surface area contributed by atoms with E-state index >= 15 is 0 Å². The van der Waals surface area contributed by atoms with E-state index in [1.165, 1.54) is 24.8 Å². The van der Waals surface area contributed by atoms with Gasteiger partial charge in [-0.2, -0.15) is 5.26 Å². The summed E-state index contributed by atoms with van der Waals surface area (Å²) in [6, 6.07) is 15.3. The van der Waals surface area contributed by atoms with Gasteiger partial charge >= 0.3 is 5.97 Å². The highest BCUT2D eigenvalue weighted by atomic mass is 32.2. The summed E-state index contributed by atoms with van der Waals surface area (Å²) in [4.78, 5) is 12.7. The fourth-order valence-electron chi connectivity index (χ4n) is 1.78. The average Bonchev–Trinajstić information content (AvgIpc) is 2.54. The molecule has 0 saturated heterocycles. The molecule has 0 bridgehead atoms. The maximum absolute atomic E-state index is 13.6. The molecule has 0 amide bonds. The summed E-state index contributed by atoms with van der Waals surface area (Å²) in [5.74, 6) is -0.413. The lowest BCUT2D eigenvalue weighted by molar-refractivity contribution is 0.0431. The first-order valence-electron chi connectivity index (χ1n) is 6.67. The van der Waals surface area contributed by atoms with Gasteiger partial charge < -0.3 is 4.74 Å². The van der Waals surface area contributed by atoms with E-state index in [-0.39, 0.29) is 5.82 Å². The van der Waals surface area contributed by atoms with E-state index in [2.05, 4.69) is 0 Å². The van der Waals surface area contributed by atoms with Crippen molar-refractivity contribution in [3.63, 3.8) is 0 Å². The van der Waals surface area contributed by atoms with Crippen molar-refractivity contribution in [3.05, 3.63) is 65.5 Å². The molecule has 0 aliphatic carbocycles. The molecule has 0 aliphatic heterocycles. The van der Waals surface area contributed by atoms with E-state index in [1.54, 1.807) is 42.5 Å². The largest absolute Gasteiger partial charge is 0.444 e. The Bertz CT molecular complexity index is 712. The summed E-state index contributed by atoms with van der Waals surface area (Å²) in [5, 5.41) is 8.71. The number of nitrogens with zero attached hydrogens (tertiary/aromatic N) is 1. The topological polar surface area (TPSA) is 50.1 Å². The zero-order chi connectivity index (χ0) is 15.9. The zero-order valence-electron chi connectivity index (χ0n) is 12.0. The Balaban J connectivity index is 2.14. The number of nitriles is 1. The fourth-order valence-corrected chi connectivity index (χ4v) is 2.81.